The van der Waals surface area contributed by atoms with Crippen LogP contribution in [0.4, 0.5) is 0 Å². The van der Waals surface area contributed by atoms with Crippen molar-refractivity contribution in [3.05, 3.63) is 0 Å². The molecule has 0 rings (SSSR count). The molecule has 0 unspecified atom stereocenters. The number of halogens is 1. The van der Waals surface area contributed by atoms with Gasteiger partial charge in [0.2, 0.25) is 0 Å². The van der Waals surface area contributed by atoms with Gasteiger partial charge in [-0.2, -0.15) is 0 Å². The minimum atomic E-state index is -2.57. The first-order valence-corrected chi connectivity index (χ1v) is 1.52. The standard InChI is InChI=1S/C2H7NO3.ClH/c3-1-2(4,5)6;/h4-6H,1,3H2;1H/p+1. The summed E-state index contributed by atoms with van der Waals surface area (Å²) in [6, 6.07) is 0. The van der Waals surface area contributed by atoms with Crippen LogP contribution in [-0.2, 0) is 0 Å². The lowest BCUT2D eigenvalue weighted by Gasteiger charge is -2.05. The molecule has 7 heavy (non-hydrogen) atoms. The zero-order valence-electron chi connectivity index (χ0n) is 3.66. The molecule has 6 N–H and O–H groups in total. The van der Waals surface area contributed by atoms with E-state index in [2.05, 4.69) is 5.73 Å². The molecule has 4 nitrogen and oxygen atoms in total. The van der Waals surface area contributed by atoms with Crippen LogP contribution in [0.5, 0.6) is 0 Å². The van der Waals surface area contributed by atoms with Crippen molar-refractivity contribution < 1.29 is 21.1 Å². The highest BCUT2D eigenvalue weighted by Gasteiger charge is 2.16. The molecule has 5 heteroatoms. The van der Waals surface area contributed by atoms with E-state index in [1.165, 1.54) is 0 Å². The first-order valence-electron chi connectivity index (χ1n) is 1.52. The van der Waals surface area contributed by atoms with Gasteiger partial charge < -0.3 is 21.1 Å². The number of quaternary nitrogens is 1. The highest BCUT2D eigenvalue weighted by atomic mass is 35.5. The Bertz CT molecular complexity index is 42.7. The molecule has 0 aliphatic heterocycles. The van der Waals surface area contributed by atoms with E-state index in [-0.39, 0.29) is 19.0 Å². The van der Waals surface area contributed by atoms with Crippen LogP contribution in [0.15, 0.2) is 0 Å². The second-order valence-corrected chi connectivity index (χ2v) is 1.02. The van der Waals surface area contributed by atoms with Gasteiger partial charge in [-0.1, -0.05) is 0 Å². The second-order valence-electron chi connectivity index (χ2n) is 1.02. The molecule has 0 aliphatic carbocycles. The van der Waals surface area contributed by atoms with Gasteiger partial charge in [0, 0.05) is 0 Å². The van der Waals surface area contributed by atoms with E-state index < -0.39 is 5.97 Å². The minimum absolute atomic E-state index is 0. The number of hydrogen-bond acceptors (Lipinski definition) is 3. The lowest BCUT2D eigenvalue weighted by molar-refractivity contribution is -0.474. The van der Waals surface area contributed by atoms with Crippen molar-refractivity contribution in [3.63, 3.8) is 0 Å². The third-order valence-corrected chi connectivity index (χ3v) is 0.335. The van der Waals surface area contributed by atoms with Crippen LogP contribution in [0.2, 0.25) is 0 Å². The van der Waals surface area contributed by atoms with Crippen LogP contribution in [-0.4, -0.2) is 27.8 Å². The van der Waals surface area contributed by atoms with Gasteiger partial charge in [0.05, 0.1) is 0 Å². The van der Waals surface area contributed by atoms with Crippen molar-refractivity contribution >= 4 is 12.4 Å². The first kappa shape index (κ1) is 10.2. The summed E-state index contributed by atoms with van der Waals surface area (Å²) in [5.41, 5.74) is 3.01. The summed E-state index contributed by atoms with van der Waals surface area (Å²) in [6.07, 6.45) is 0. The number of aliphatic hydroxyl groups is 3. The quantitative estimate of drug-likeness (QED) is 0.291. The first-order chi connectivity index (χ1) is 2.56. The molecule has 46 valence electrons. The summed E-state index contributed by atoms with van der Waals surface area (Å²) in [5, 5.41) is 23.6. The molecular formula is C2H9ClNO3+. The maximum absolute atomic E-state index is 7.88. The molecular weight excluding hydrogens is 121 g/mol. The molecule has 0 fully saturated rings. The monoisotopic (exact) mass is 130 g/mol. The Morgan fingerprint density at radius 3 is 1.43 bits per heavy atom. The summed E-state index contributed by atoms with van der Waals surface area (Å²) in [6.45, 7) is -0.312. The van der Waals surface area contributed by atoms with Gasteiger partial charge in [-0.15, -0.1) is 12.4 Å². The molecule has 0 saturated carbocycles. The van der Waals surface area contributed by atoms with E-state index in [9.17, 15) is 0 Å². The van der Waals surface area contributed by atoms with Gasteiger partial charge in [-0.3, -0.25) is 0 Å². The maximum Gasteiger partial charge on any atom is 0.327 e. The molecule has 0 heterocycles. The summed E-state index contributed by atoms with van der Waals surface area (Å²) >= 11 is 0. The van der Waals surface area contributed by atoms with Crippen LogP contribution in [0, 0.1) is 0 Å². The summed E-state index contributed by atoms with van der Waals surface area (Å²) in [7, 11) is 0. The van der Waals surface area contributed by atoms with Crippen molar-refractivity contribution in [2.45, 2.75) is 5.97 Å². The molecule has 0 spiro atoms. The fourth-order valence-corrected chi connectivity index (χ4v) is 0. The van der Waals surface area contributed by atoms with E-state index in [4.69, 9.17) is 15.3 Å². The average molecular weight is 131 g/mol. The third kappa shape index (κ3) is 10.7. The topological polar surface area (TPSA) is 88.3 Å². The van der Waals surface area contributed by atoms with E-state index in [1.807, 2.05) is 0 Å². The maximum atomic E-state index is 7.88. The molecule has 0 amide bonds. The second kappa shape index (κ2) is 3.17. The molecule has 0 saturated heterocycles. The normalized spacial score (nSPS) is 10.3. The Morgan fingerprint density at radius 1 is 1.29 bits per heavy atom. The zero-order chi connectivity index (χ0) is 5.21. The van der Waals surface area contributed by atoms with E-state index in [0.29, 0.717) is 0 Å². The van der Waals surface area contributed by atoms with Crippen molar-refractivity contribution in [1.82, 2.24) is 0 Å². The van der Waals surface area contributed by atoms with E-state index >= 15 is 0 Å². The Kier molecular flexibility index (Phi) is 4.62. The largest absolute Gasteiger partial charge is 0.351 e. The van der Waals surface area contributed by atoms with Crippen molar-refractivity contribution in [3.8, 4) is 0 Å². The minimum Gasteiger partial charge on any atom is -0.351 e. The average Bonchev–Trinajstić information content (AvgIpc) is 1.35. The van der Waals surface area contributed by atoms with Crippen molar-refractivity contribution in [1.29, 1.82) is 0 Å². The Morgan fingerprint density at radius 2 is 1.43 bits per heavy atom. The lowest BCUT2D eigenvalue weighted by Crippen LogP contribution is -2.61. The molecule has 0 bridgehead atoms. The predicted octanol–water partition coefficient (Wildman–Crippen LogP) is -2.72. The Labute approximate surface area is 47.0 Å². The van der Waals surface area contributed by atoms with E-state index in [1.54, 1.807) is 0 Å². The molecule has 0 aromatic carbocycles. The van der Waals surface area contributed by atoms with Crippen LogP contribution >= 0.6 is 12.4 Å². The van der Waals surface area contributed by atoms with E-state index in [0.717, 1.165) is 0 Å². The van der Waals surface area contributed by atoms with Crippen LogP contribution in [0.25, 0.3) is 0 Å². The summed E-state index contributed by atoms with van der Waals surface area (Å²) in [5.74, 6) is -2.57. The van der Waals surface area contributed by atoms with Crippen molar-refractivity contribution in [2.75, 3.05) is 6.54 Å². The molecule has 0 aromatic heterocycles. The molecule has 0 atom stereocenters. The van der Waals surface area contributed by atoms with Gasteiger partial charge in [0.25, 0.3) is 0 Å². The van der Waals surface area contributed by atoms with Gasteiger partial charge in [-0.05, 0) is 0 Å². The van der Waals surface area contributed by atoms with Crippen LogP contribution in [0.3, 0.4) is 0 Å². The van der Waals surface area contributed by atoms with Gasteiger partial charge >= 0.3 is 5.97 Å². The molecule has 0 radical (unpaired) electrons. The van der Waals surface area contributed by atoms with Crippen LogP contribution < -0.4 is 5.73 Å². The zero-order valence-corrected chi connectivity index (χ0v) is 4.48. The van der Waals surface area contributed by atoms with Gasteiger partial charge in [-0.25, -0.2) is 0 Å². The smallest absolute Gasteiger partial charge is 0.327 e. The van der Waals surface area contributed by atoms with Crippen LogP contribution in [0.1, 0.15) is 0 Å². The highest BCUT2D eigenvalue weighted by Crippen LogP contribution is 1.81. The lowest BCUT2D eigenvalue weighted by atomic mass is 10.6. The molecule has 0 aromatic rings. The summed E-state index contributed by atoms with van der Waals surface area (Å²) in [4.78, 5) is 0. The Balaban J connectivity index is 0. The number of hydrogen-bond donors (Lipinski definition) is 4. The highest BCUT2D eigenvalue weighted by molar-refractivity contribution is 5.85. The fraction of sp³-hybridized carbons (Fsp3) is 1.00. The SMILES string of the molecule is Cl.[NH3+]CC(O)(O)O. The van der Waals surface area contributed by atoms with Gasteiger partial charge in [0.15, 0.2) is 6.54 Å². The third-order valence-electron chi connectivity index (χ3n) is 0.335. The number of rotatable bonds is 1. The summed E-state index contributed by atoms with van der Waals surface area (Å²) < 4.78 is 0. The van der Waals surface area contributed by atoms with Gasteiger partial charge in [0.1, 0.15) is 0 Å². The predicted molar refractivity (Wildman–Crippen MR) is 24.4 cm³/mol. The fourth-order valence-electron chi connectivity index (χ4n) is 0. The molecule has 0 aliphatic rings. The Hall–Kier alpha value is 0.130. The van der Waals surface area contributed by atoms with Crippen molar-refractivity contribution in [2.24, 2.45) is 0 Å².